The molecule has 0 spiro atoms. The number of aliphatic carboxylic acids is 1. The van der Waals surface area contributed by atoms with Gasteiger partial charge in [-0.15, -0.1) is 16.4 Å². The molecule has 2 rings (SSSR count). The normalized spacial score (nSPS) is 14.1. The fraction of sp³-hybridized carbons (Fsp3) is 0.545. The van der Waals surface area contributed by atoms with Crippen LogP contribution in [0.5, 0.6) is 0 Å². The molecule has 0 bridgehead atoms. The quantitative estimate of drug-likeness (QED) is 0.696. The Morgan fingerprint density at radius 2 is 2.40 bits per heavy atom. The van der Waals surface area contributed by atoms with Gasteiger partial charge in [0.15, 0.2) is 11.0 Å². The van der Waals surface area contributed by atoms with Gasteiger partial charge in [-0.1, -0.05) is 13.3 Å². The van der Waals surface area contributed by atoms with Crippen LogP contribution in [0.2, 0.25) is 0 Å². The molecule has 0 fully saturated rings. The van der Waals surface area contributed by atoms with Crippen LogP contribution in [-0.4, -0.2) is 36.7 Å². The van der Waals surface area contributed by atoms with Gasteiger partial charge in [0.05, 0.1) is 11.6 Å². The van der Waals surface area contributed by atoms with Gasteiger partial charge in [-0.2, -0.15) is 0 Å². The topological polar surface area (TPSA) is 131 Å². The molecule has 0 unspecified atom stereocenters. The van der Waals surface area contributed by atoms with Gasteiger partial charge in [0.2, 0.25) is 0 Å². The van der Waals surface area contributed by atoms with Crippen molar-refractivity contribution in [3.63, 3.8) is 0 Å². The zero-order valence-electron chi connectivity index (χ0n) is 11.0. The van der Waals surface area contributed by atoms with Gasteiger partial charge in [0, 0.05) is 17.7 Å². The standard InChI is InChI=1S/C11H16N6O2S/c1-2-3-7(10(18)19)8(9-14-16-17-15-9)4-6-5-20-11(12)13-6/h5,7-8H,2-4H2,1H3,(H2,12,13)(H,18,19)(H,14,15,16,17)/t7-,8-/m0/s1. The second-order valence-corrected chi connectivity index (χ2v) is 5.40. The predicted molar refractivity (Wildman–Crippen MR) is 73.2 cm³/mol. The molecule has 0 aliphatic rings. The molecule has 2 aromatic heterocycles. The number of rotatable bonds is 7. The van der Waals surface area contributed by atoms with Crippen LogP contribution in [0.1, 0.15) is 37.2 Å². The summed E-state index contributed by atoms with van der Waals surface area (Å²) in [4.78, 5) is 15.7. The first-order valence-corrected chi connectivity index (χ1v) is 7.16. The third kappa shape index (κ3) is 3.29. The van der Waals surface area contributed by atoms with E-state index in [0.29, 0.717) is 23.8 Å². The van der Waals surface area contributed by atoms with E-state index < -0.39 is 11.9 Å². The van der Waals surface area contributed by atoms with Crippen LogP contribution >= 0.6 is 11.3 Å². The minimum Gasteiger partial charge on any atom is -0.481 e. The van der Waals surface area contributed by atoms with Gasteiger partial charge in [-0.25, -0.2) is 10.1 Å². The van der Waals surface area contributed by atoms with Crippen molar-refractivity contribution < 1.29 is 9.90 Å². The van der Waals surface area contributed by atoms with E-state index in [4.69, 9.17) is 5.73 Å². The van der Waals surface area contributed by atoms with E-state index in [0.717, 1.165) is 12.1 Å². The number of hydrogen-bond acceptors (Lipinski definition) is 7. The van der Waals surface area contributed by atoms with Gasteiger partial charge >= 0.3 is 5.97 Å². The molecule has 0 saturated carbocycles. The number of tetrazole rings is 1. The number of anilines is 1. The van der Waals surface area contributed by atoms with Crippen molar-refractivity contribution in [1.82, 2.24) is 25.6 Å². The summed E-state index contributed by atoms with van der Waals surface area (Å²) in [6, 6.07) is 0. The number of nitrogens with two attached hydrogens (primary N) is 1. The van der Waals surface area contributed by atoms with Crippen molar-refractivity contribution in [3.8, 4) is 0 Å². The molecular weight excluding hydrogens is 280 g/mol. The molecule has 2 heterocycles. The molecule has 0 saturated heterocycles. The first kappa shape index (κ1) is 14.4. The minimum absolute atomic E-state index is 0.344. The summed E-state index contributed by atoms with van der Waals surface area (Å²) in [6.45, 7) is 1.95. The van der Waals surface area contributed by atoms with Crippen molar-refractivity contribution in [2.24, 2.45) is 5.92 Å². The number of thiazole rings is 1. The third-order valence-corrected chi connectivity index (χ3v) is 3.84. The third-order valence-electron chi connectivity index (χ3n) is 3.11. The second kappa shape index (κ2) is 6.42. The number of hydrogen-bond donors (Lipinski definition) is 3. The fourth-order valence-electron chi connectivity index (χ4n) is 2.20. The van der Waals surface area contributed by atoms with Crippen LogP contribution in [0.15, 0.2) is 5.38 Å². The summed E-state index contributed by atoms with van der Waals surface area (Å²) < 4.78 is 0. The first-order chi connectivity index (χ1) is 9.61. The number of aromatic nitrogens is 5. The Balaban J connectivity index is 2.26. The van der Waals surface area contributed by atoms with E-state index in [2.05, 4.69) is 25.6 Å². The van der Waals surface area contributed by atoms with E-state index in [1.807, 2.05) is 12.3 Å². The van der Waals surface area contributed by atoms with Crippen LogP contribution in [0, 0.1) is 5.92 Å². The molecule has 0 amide bonds. The lowest BCUT2D eigenvalue weighted by Gasteiger charge is -2.20. The van der Waals surface area contributed by atoms with Gasteiger partial charge < -0.3 is 10.8 Å². The van der Waals surface area contributed by atoms with Gasteiger partial charge in [-0.3, -0.25) is 4.79 Å². The smallest absolute Gasteiger partial charge is 0.307 e. The maximum Gasteiger partial charge on any atom is 0.307 e. The predicted octanol–water partition coefficient (Wildman–Crippen LogP) is 1.07. The largest absolute Gasteiger partial charge is 0.481 e. The Bertz CT molecular complexity index is 555. The van der Waals surface area contributed by atoms with Crippen molar-refractivity contribution >= 4 is 22.4 Å². The Morgan fingerprint density at radius 3 is 2.90 bits per heavy atom. The van der Waals surface area contributed by atoms with Crippen molar-refractivity contribution in [1.29, 1.82) is 0 Å². The lowest BCUT2D eigenvalue weighted by atomic mass is 9.85. The lowest BCUT2D eigenvalue weighted by Crippen LogP contribution is -2.25. The highest BCUT2D eigenvalue weighted by molar-refractivity contribution is 7.13. The zero-order chi connectivity index (χ0) is 14.5. The fourth-order valence-corrected chi connectivity index (χ4v) is 2.78. The van der Waals surface area contributed by atoms with E-state index in [9.17, 15) is 9.90 Å². The molecule has 0 radical (unpaired) electrons. The van der Waals surface area contributed by atoms with Gasteiger partial charge in [0.1, 0.15) is 0 Å². The number of nitrogens with one attached hydrogen (secondary N) is 1. The second-order valence-electron chi connectivity index (χ2n) is 4.51. The van der Waals surface area contributed by atoms with E-state index >= 15 is 0 Å². The number of carbonyl (C=O) groups is 1. The summed E-state index contributed by atoms with van der Waals surface area (Å²) in [6.07, 6.45) is 1.77. The van der Waals surface area contributed by atoms with E-state index in [-0.39, 0.29) is 5.92 Å². The Hall–Kier alpha value is -2.03. The number of carboxylic acid groups (broad SMARTS) is 1. The highest BCUT2D eigenvalue weighted by Crippen LogP contribution is 2.30. The highest BCUT2D eigenvalue weighted by Gasteiger charge is 2.32. The summed E-state index contributed by atoms with van der Waals surface area (Å²) in [5.41, 5.74) is 6.37. The maximum atomic E-state index is 11.5. The summed E-state index contributed by atoms with van der Waals surface area (Å²) in [5, 5.41) is 25.3. The van der Waals surface area contributed by atoms with Crippen LogP contribution in [0.3, 0.4) is 0 Å². The van der Waals surface area contributed by atoms with E-state index in [1.165, 1.54) is 11.3 Å². The lowest BCUT2D eigenvalue weighted by molar-refractivity contribution is -0.142. The molecule has 8 nitrogen and oxygen atoms in total. The molecule has 4 N–H and O–H groups in total. The molecule has 0 aliphatic heterocycles. The average Bonchev–Trinajstić information content (AvgIpc) is 3.04. The molecule has 0 aliphatic carbocycles. The van der Waals surface area contributed by atoms with Crippen LogP contribution < -0.4 is 5.73 Å². The van der Waals surface area contributed by atoms with Gasteiger partial charge in [-0.05, 0) is 16.8 Å². The molecule has 20 heavy (non-hydrogen) atoms. The molecule has 2 aromatic rings. The van der Waals surface area contributed by atoms with Crippen molar-refractivity contribution in [2.45, 2.75) is 32.1 Å². The van der Waals surface area contributed by atoms with Crippen LogP contribution in [-0.2, 0) is 11.2 Å². The van der Waals surface area contributed by atoms with Crippen molar-refractivity contribution in [2.75, 3.05) is 5.73 Å². The molecule has 0 aromatic carbocycles. The molecule has 2 atom stereocenters. The molecule has 108 valence electrons. The number of aromatic amines is 1. The molecular formula is C11H16N6O2S. The summed E-state index contributed by atoms with van der Waals surface area (Å²) in [7, 11) is 0. The number of nitrogens with zero attached hydrogens (tertiary/aromatic N) is 4. The summed E-state index contributed by atoms with van der Waals surface area (Å²) >= 11 is 1.33. The summed E-state index contributed by atoms with van der Waals surface area (Å²) in [5.74, 6) is -1.28. The SMILES string of the molecule is CCC[C@H](C(=O)O)[C@H](Cc1csc(N)n1)c1nnn[nH]1. The van der Waals surface area contributed by atoms with Gasteiger partial charge in [0.25, 0.3) is 0 Å². The zero-order valence-corrected chi connectivity index (χ0v) is 11.8. The molecule has 9 heteroatoms. The van der Waals surface area contributed by atoms with E-state index in [1.54, 1.807) is 0 Å². The number of carboxylic acids is 1. The number of H-pyrrole nitrogens is 1. The average molecular weight is 296 g/mol. The first-order valence-electron chi connectivity index (χ1n) is 6.28. The Morgan fingerprint density at radius 1 is 1.60 bits per heavy atom. The van der Waals surface area contributed by atoms with Crippen LogP contribution in [0.25, 0.3) is 0 Å². The monoisotopic (exact) mass is 296 g/mol. The highest BCUT2D eigenvalue weighted by atomic mass is 32.1. The minimum atomic E-state index is -0.851. The Kier molecular flexibility index (Phi) is 4.61. The Labute approximate surface area is 119 Å². The van der Waals surface area contributed by atoms with Crippen LogP contribution in [0.4, 0.5) is 5.13 Å². The maximum absolute atomic E-state index is 11.5. The van der Waals surface area contributed by atoms with Crippen molar-refractivity contribution in [3.05, 3.63) is 16.9 Å². The number of nitrogen functional groups attached to an aromatic ring is 1.